The number of pyridine rings is 1. The third-order valence-corrected chi connectivity index (χ3v) is 9.71. The summed E-state index contributed by atoms with van der Waals surface area (Å²) in [5.74, 6) is 0.0990. The average Bonchev–Trinajstić information content (AvgIpc) is 3.22. The minimum Gasteiger partial charge on any atom is -0.465 e. The number of anilines is 1. The maximum Gasteiger partial charge on any atom is 0.348 e. The Hall–Kier alpha value is -1.18. The van der Waals surface area contributed by atoms with Crippen molar-refractivity contribution in [1.82, 2.24) is 9.99 Å². The molecule has 1 atom stereocenters. The Balaban J connectivity index is 1.97. The van der Waals surface area contributed by atoms with Gasteiger partial charge in [-0.3, -0.25) is 5.01 Å². The van der Waals surface area contributed by atoms with Gasteiger partial charge < -0.3 is 9.47 Å². The van der Waals surface area contributed by atoms with Crippen LogP contribution in [0.2, 0.25) is 0 Å². The molecule has 0 aliphatic carbocycles. The van der Waals surface area contributed by atoms with Crippen LogP contribution in [0.25, 0.3) is 0 Å². The number of rotatable bonds is 8. The lowest BCUT2D eigenvalue weighted by Gasteiger charge is -2.40. The highest BCUT2D eigenvalue weighted by Gasteiger charge is 2.29. The quantitative estimate of drug-likeness (QED) is 0.347. The van der Waals surface area contributed by atoms with E-state index >= 15 is 0 Å². The van der Waals surface area contributed by atoms with Crippen LogP contribution in [-0.2, 0) is 19.3 Å². The van der Waals surface area contributed by atoms with Crippen molar-refractivity contribution in [3.63, 3.8) is 0 Å². The fourth-order valence-electron chi connectivity index (χ4n) is 3.38. The summed E-state index contributed by atoms with van der Waals surface area (Å²) in [5.41, 5.74) is 0. The molecule has 1 unspecified atom stereocenters. The molecule has 2 aromatic heterocycles. The summed E-state index contributed by atoms with van der Waals surface area (Å²) < 4.78 is 38.3. The molecule has 8 nitrogen and oxygen atoms in total. The van der Waals surface area contributed by atoms with Gasteiger partial charge in [0.05, 0.1) is 38.3 Å². The Morgan fingerprint density at radius 1 is 1.47 bits per heavy atom. The number of carbonyl (C=O) groups is 1. The number of morpholine rings is 1. The van der Waals surface area contributed by atoms with Crippen LogP contribution in [0, 0.1) is 0 Å². The molecule has 0 saturated carbocycles. The van der Waals surface area contributed by atoms with Crippen molar-refractivity contribution in [2.24, 2.45) is 0 Å². The molecule has 0 amide bonds. The highest BCUT2D eigenvalue weighted by molar-refractivity contribution is 9.10. The molecule has 1 aliphatic heterocycles. The van der Waals surface area contributed by atoms with Crippen LogP contribution in [0.3, 0.4) is 0 Å². The standard InChI is InChI=1S/C20H26BrN3O5S3/c1-5-6-24(23-7-8-29-13(2)12-23)18-15(21)9-14(11-22-18)32(26,27)17-10-16(19(25)28-3)31-20(17)30-4/h9-11,13H,5-8,12H2,1-4H3. The van der Waals surface area contributed by atoms with E-state index in [2.05, 4.69) is 37.9 Å². The molecule has 12 heteroatoms. The summed E-state index contributed by atoms with van der Waals surface area (Å²) in [7, 11) is -2.61. The van der Waals surface area contributed by atoms with Gasteiger partial charge in [0.15, 0.2) is 5.82 Å². The smallest absolute Gasteiger partial charge is 0.348 e. The first-order valence-corrected chi connectivity index (χ1v) is 14.3. The van der Waals surface area contributed by atoms with E-state index in [9.17, 15) is 13.2 Å². The Morgan fingerprint density at radius 2 is 2.22 bits per heavy atom. The number of esters is 1. The lowest BCUT2D eigenvalue weighted by atomic mass is 10.3. The molecular weight excluding hydrogens is 538 g/mol. The minimum absolute atomic E-state index is 0.0597. The van der Waals surface area contributed by atoms with E-state index in [4.69, 9.17) is 9.47 Å². The number of hydrogen-bond acceptors (Lipinski definition) is 10. The highest BCUT2D eigenvalue weighted by atomic mass is 79.9. The van der Waals surface area contributed by atoms with Gasteiger partial charge in [-0.15, -0.1) is 23.1 Å². The first-order valence-electron chi connectivity index (χ1n) is 10.0. The maximum atomic E-state index is 13.4. The first-order chi connectivity index (χ1) is 15.2. The monoisotopic (exact) mass is 563 g/mol. The van der Waals surface area contributed by atoms with Gasteiger partial charge in [0.1, 0.15) is 4.88 Å². The number of halogens is 1. The van der Waals surface area contributed by atoms with Crippen molar-refractivity contribution < 1.29 is 22.7 Å². The zero-order valence-corrected chi connectivity index (χ0v) is 22.4. The lowest BCUT2D eigenvalue weighted by molar-refractivity contribution is -0.0231. The van der Waals surface area contributed by atoms with Crippen molar-refractivity contribution in [1.29, 1.82) is 0 Å². The van der Waals surface area contributed by atoms with Crippen molar-refractivity contribution in [3.05, 3.63) is 27.7 Å². The van der Waals surface area contributed by atoms with E-state index in [1.807, 2.05) is 6.92 Å². The summed E-state index contributed by atoms with van der Waals surface area (Å²) in [6, 6.07) is 2.95. The van der Waals surface area contributed by atoms with Gasteiger partial charge in [-0.2, -0.15) is 0 Å². The molecule has 0 bridgehead atoms. The topological polar surface area (TPSA) is 89.0 Å². The summed E-state index contributed by atoms with van der Waals surface area (Å²) in [5, 5.41) is 4.26. The van der Waals surface area contributed by atoms with Crippen molar-refractivity contribution in [2.75, 3.05) is 44.6 Å². The molecule has 1 saturated heterocycles. The van der Waals surface area contributed by atoms with Crippen LogP contribution >= 0.6 is 39.0 Å². The molecule has 1 fully saturated rings. The van der Waals surface area contributed by atoms with E-state index < -0.39 is 15.8 Å². The molecule has 0 spiro atoms. The maximum absolute atomic E-state index is 13.4. The zero-order chi connectivity index (χ0) is 23.5. The first kappa shape index (κ1) is 25.4. The number of hydrazine groups is 1. The predicted molar refractivity (Wildman–Crippen MR) is 129 cm³/mol. The second-order valence-corrected chi connectivity index (χ2v) is 12.1. The van der Waals surface area contributed by atoms with Gasteiger partial charge in [-0.05, 0) is 47.7 Å². The van der Waals surface area contributed by atoms with Crippen LogP contribution in [0.1, 0.15) is 29.9 Å². The third-order valence-electron chi connectivity index (χ3n) is 4.88. The fraction of sp³-hybridized carbons (Fsp3) is 0.500. The Bertz CT molecular complexity index is 1080. The lowest BCUT2D eigenvalue weighted by Crippen LogP contribution is -2.52. The third kappa shape index (κ3) is 5.31. The van der Waals surface area contributed by atoms with Gasteiger partial charge in [0, 0.05) is 25.8 Å². The Morgan fingerprint density at radius 3 is 2.81 bits per heavy atom. The largest absolute Gasteiger partial charge is 0.465 e. The predicted octanol–water partition coefficient (Wildman–Crippen LogP) is 4.10. The summed E-state index contributed by atoms with van der Waals surface area (Å²) in [6.07, 6.45) is 4.16. The van der Waals surface area contributed by atoms with E-state index in [1.54, 1.807) is 12.3 Å². The van der Waals surface area contributed by atoms with Crippen LogP contribution in [0.5, 0.6) is 0 Å². The zero-order valence-electron chi connectivity index (χ0n) is 18.3. The number of sulfone groups is 1. The normalized spacial score (nSPS) is 17.3. The summed E-state index contributed by atoms with van der Waals surface area (Å²) in [4.78, 5) is 16.8. The van der Waals surface area contributed by atoms with Gasteiger partial charge in [0.2, 0.25) is 9.84 Å². The number of carbonyl (C=O) groups excluding carboxylic acids is 1. The molecule has 32 heavy (non-hydrogen) atoms. The molecule has 3 rings (SSSR count). The second kappa shape index (κ2) is 10.8. The van der Waals surface area contributed by atoms with Crippen molar-refractivity contribution in [3.8, 4) is 0 Å². The Labute approximate surface area is 205 Å². The molecule has 0 radical (unpaired) electrons. The molecule has 1 aliphatic rings. The minimum atomic E-state index is -3.88. The second-order valence-electron chi connectivity index (χ2n) is 7.16. The number of thiophene rings is 1. The van der Waals surface area contributed by atoms with E-state index in [0.717, 1.165) is 37.4 Å². The van der Waals surface area contributed by atoms with Crippen molar-refractivity contribution in [2.45, 2.75) is 40.4 Å². The van der Waals surface area contributed by atoms with E-state index in [1.165, 1.54) is 31.1 Å². The number of aromatic nitrogens is 1. The van der Waals surface area contributed by atoms with Crippen LogP contribution in [0.4, 0.5) is 5.82 Å². The van der Waals surface area contributed by atoms with Gasteiger partial charge in [0.25, 0.3) is 0 Å². The summed E-state index contributed by atoms with van der Waals surface area (Å²) in [6.45, 7) is 6.96. The number of nitrogens with zero attached hydrogens (tertiary/aromatic N) is 3. The molecule has 176 valence electrons. The number of hydrogen-bond donors (Lipinski definition) is 0. The SMILES string of the molecule is CCCN(c1ncc(S(=O)(=O)c2cc(C(=O)OC)sc2SC)cc1Br)N1CCOC(C)C1. The molecule has 0 aromatic carbocycles. The number of methoxy groups -OCH3 is 1. The van der Waals surface area contributed by atoms with Gasteiger partial charge in [-0.25, -0.2) is 23.2 Å². The molecule has 3 heterocycles. The summed E-state index contributed by atoms with van der Waals surface area (Å²) >= 11 is 5.91. The number of thioether (sulfide) groups is 1. The van der Waals surface area contributed by atoms with Crippen LogP contribution < -0.4 is 5.01 Å². The average molecular weight is 565 g/mol. The van der Waals surface area contributed by atoms with Crippen molar-refractivity contribution >= 4 is 60.7 Å². The fourth-order valence-corrected chi connectivity index (χ4v) is 7.97. The molecular formula is C20H26BrN3O5S3. The molecule has 2 aromatic rings. The van der Waals surface area contributed by atoms with E-state index in [0.29, 0.717) is 21.1 Å². The van der Waals surface area contributed by atoms with E-state index in [-0.39, 0.29) is 20.8 Å². The van der Waals surface area contributed by atoms with Crippen LogP contribution in [0.15, 0.2) is 36.8 Å². The van der Waals surface area contributed by atoms with Gasteiger partial charge in [-0.1, -0.05) is 6.92 Å². The number of ether oxygens (including phenoxy) is 2. The highest BCUT2D eigenvalue weighted by Crippen LogP contribution is 2.38. The van der Waals surface area contributed by atoms with Crippen LogP contribution in [-0.4, -0.2) is 70.1 Å². The molecule has 0 N–H and O–H groups in total. The Kier molecular flexibility index (Phi) is 8.61. The van der Waals surface area contributed by atoms with Gasteiger partial charge >= 0.3 is 5.97 Å².